The van der Waals surface area contributed by atoms with Gasteiger partial charge in [-0.15, -0.1) is 0 Å². The highest BCUT2D eigenvalue weighted by molar-refractivity contribution is 5.17. The number of rotatable bonds is 8. The Labute approximate surface area is 150 Å². The number of hydrogen-bond donors (Lipinski definition) is 0. The molecule has 29 heavy (non-hydrogen) atoms. The lowest BCUT2D eigenvalue weighted by atomic mass is 9.81. The molecule has 174 valence electrons. The van der Waals surface area contributed by atoms with Crippen LogP contribution in [0.1, 0.15) is 13.3 Å². The van der Waals surface area contributed by atoms with Crippen LogP contribution in [0.2, 0.25) is 0 Å². The monoisotopic (exact) mass is 472 g/mol. The van der Waals surface area contributed by atoms with Gasteiger partial charge in [0.05, 0.1) is 12.7 Å². The minimum absolute atomic E-state index is 0.718. The number of hydrogen-bond acceptors (Lipinski definition) is 1. The van der Waals surface area contributed by atoms with E-state index in [4.69, 9.17) is 0 Å². The normalized spacial score (nSPS) is 22.4. The van der Waals surface area contributed by atoms with Crippen LogP contribution in [-0.2, 0) is 4.74 Å². The second kappa shape index (κ2) is 6.42. The Bertz CT molecular complexity index is 614. The number of epoxide rings is 1. The van der Waals surface area contributed by atoms with Crippen LogP contribution in [0, 0.1) is 0 Å². The fourth-order valence-electron chi connectivity index (χ4n) is 1.99. The molecule has 17 heteroatoms. The summed E-state index contributed by atoms with van der Waals surface area (Å²) in [5.41, 5.74) is -7.09. The molecule has 1 fully saturated rings. The first kappa shape index (κ1) is 25.9. The maximum Gasteiger partial charge on any atom is 0.460 e. The van der Waals surface area contributed by atoms with Gasteiger partial charge in [-0.05, 0) is 6.92 Å². The Morgan fingerprint density at radius 3 is 1.24 bits per heavy atom. The second-order valence-electron chi connectivity index (χ2n) is 6.24. The van der Waals surface area contributed by atoms with Crippen LogP contribution in [-0.4, -0.2) is 60.1 Å². The molecule has 0 amide bonds. The van der Waals surface area contributed by atoms with E-state index in [1.54, 1.807) is 0 Å². The zero-order chi connectivity index (χ0) is 23.7. The van der Waals surface area contributed by atoms with E-state index in [0.29, 0.717) is 0 Å². The first-order chi connectivity index (χ1) is 12.3. The Hall–Kier alpha value is -1.16. The van der Waals surface area contributed by atoms with Gasteiger partial charge in [0.25, 0.3) is 0 Å². The van der Waals surface area contributed by atoms with Crippen LogP contribution in [0.4, 0.5) is 70.2 Å². The summed E-state index contributed by atoms with van der Waals surface area (Å²) in [6.45, 7) is -2.39. The zero-order valence-electron chi connectivity index (χ0n) is 13.4. The lowest BCUT2D eigenvalue weighted by molar-refractivity contribution is -0.435. The van der Waals surface area contributed by atoms with Crippen molar-refractivity contribution in [3.63, 3.8) is 0 Å². The van der Waals surface area contributed by atoms with Crippen LogP contribution in [0.25, 0.3) is 0 Å². The predicted molar refractivity (Wildman–Crippen MR) is 59.6 cm³/mol. The molecule has 1 aliphatic heterocycles. The molecule has 0 bridgehead atoms. The van der Waals surface area contributed by atoms with Crippen LogP contribution >= 0.6 is 0 Å². The molecule has 0 aromatic heterocycles. The van der Waals surface area contributed by atoms with E-state index in [-0.39, 0.29) is 0 Å². The number of alkyl halides is 16. The van der Waals surface area contributed by atoms with Crippen molar-refractivity contribution < 1.29 is 75.0 Å². The fraction of sp³-hybridized carbons (Fsp3) is 1.00. The van der Waals surface area contributed by atoms with E-state index in [9.17, 15) is 70.2 Å². The summed E-state index contributed by atoms with van der Waals surface area (Å²) in [5, 5.41) is 0. The molecular formula is C12H8F16O. The number of ether oxygens (including phenoxy) is 1. The van der Waals surface area contributed by atoms with E-state index in [1.165, 1.54) is 0 Å². The van der Waals surface area contributed by atoms with E-state index in [1.807, 2.05) is 0 Å². The van der Waals surface area contributed by atoms with Crippen LogP contribution in [0.3, 0.4) is 0 Å². The summed E-state index contributed by atoms with van der Waals surface area (Å²) in [7, 11) is 0. The highest BCUT2D eigenvalue weighted by Gasteiger charge is 2.92. The average Bonchev–Trinajstić information content (AvgIpc) is 3.27. The van der Waals surface area contributed by atoms with Crippen LogP contribution in [0.15, 0.2) is 0 Å². The van der Waals surface area contributed by atoms with E-state index in [2.05, 4.69) is 4.74 Å². The Balaban J connectivity index is 3.52. The molecule has 1 rings (SSSR count). The van der Waals surface area contributed by atoms with Crippen molar-refractivity contribution in [1.82, 2.24) is 0 Å². The second-order valence-corrected chi connectivity index (χ2v) is 6.24. The van der Waals surface area contributed by atoms with Gasteiger partial charge in [-0.25, -0.2) is 4.39 Å². The summed E-state index contributed by atoms with van der Waals surface area (Å²) in [6.07, 6.45) is -11.7. The summed E-state index contributed by atoms with van der Waals surface area (Å²) >= 11 is 0. The Kier molecular flexibility index (Phi) is 5.73. The minimum Gasteiger partial charge on any atom is -0.373 e. The molecule has 0 spiro atoms. The van der Waals surface area contributed by atoms with Gasteiger partial charge in [0.2, 0.25) is 5.67 Å². The summed E-state index contributed by atoms with van der Waals surface area (Å²) in [5.74, 6) is -44.8. The third-order valence-electron chi connectivity index (χ3n) is 4.06. The van der Waals surface area contributed by atoms with Crippen LogP contribution in [0.5, 0.6) is 0 Å². The topological polar surface area (TPSA) is 12.5 Å². The first-order valence-electron chi connectivity index (χ1n) is 6.97. The lowest BCUT2D eigenvalue weighted by Crippen LogP contribution is -2.75. The summed E-state index contributed by atoms with van der Waals surface area (Å²) in [4.78, 5) is 0. The molecule has 0 radical (unpaired) electrons. The van der Waals surface area contributed by atoms with Gasteiger partial charge in [0.1, 0.15) is 0 Å². The van der Waals surface area contributed by atoms with Gasteiger partial charge in [0, 0.05) is 6.42 Å². The quantitative estimate of drug-likeness (QED) is 0.318. The molecular weight excluding hydrogens is 464 g/mol. The molecule has 0 N–H and O–H groups in total. The fourth-order valence-corrected chi connectivity index (χ4v) is 1.99. The summed E-state index contributed by atoms with van der Waals surface area (Å²) < 4.78 is 214. The van der Waals surface area contributed by atoms with Gasteiger partial charge in [-0.2, -0.15) is 65.9 Å². The smallest absolute Gasteiger partial charge is 0.373 e. The molecule has 1 nitrogen and oxygen atoms in total. The summed E-state index contributed by atoms with van der Waals surface area (Å²) in [6, 6.07) is 0. The minimum atomic E-state index is -7.85. The SMILES string of the molecule is CC(F)(C(F)(F)C(F)(F)C(F)(F)F)C(F)(F)C(F)(F)C(F)(F)C(F)(F)CC1CO1. The molecule has 0 saturated carbocycles. The van der Waals surface area contributed by atoms with Crippen molar-refractivity contribution in [2.24, 2.45) is 0 Å². The van der Waals surface area contributed by atoms with E-state index in [0.717, 1.165) is 0 Å². The van der Waals surface area contributed by atoms with Crippen molar-refractivity contribution in [2.45, 2.75) is 66.8 Å². The predicted octanol–water partition coefficient (Wildman–Crippen LogP) is 5.88. The first-order valence-corrected chi connectivity index (χ1v) is 6.97. The molecule has 0 aromatic rings. The van der Waals surface area contributed by atoms with Gasteiger partial charge in [-0.1, -0.05) is 0 Å². The van der Waals surface area contributed by atoms with Gasteiger partial charge < -0.3 is 4.74 Å². The maximum absolute atomic E-state index is 13.8. The van der Waals surface area contributed by atoms with Crippen molar-refractivity contribution in [3.05, 3.63) is 0 Å². The molecule has 2 unspecified atom stereocenters. The lowest BCUT2D eigenvalue weighted by Gasteiger charge is -2.45. The number of halogens is 16. The van der Waals surface area contributed by atoms with Crippen LogP contribution < -0.4 is 0 Å². The Morgan fingerprint density at radius 1 is 0.586 bits per heavy atom. The van der Waals surface area contributed by atoms with Crippen molar-refractivity contribution >= 4 is 0 Å². The van der Waals surface area contributed by atoms with Gasteiger partial charge in [0.15, 0.2) is 0 Å². The van der Waals surface area contributed by atoms with Crippen molar-refractivity contribution in [1.29, 1.82) is 0 Å². The molecule has 1 aliphatic rings. The van der Waals surface area contributed by atoms with E-state index < -0.39 is 73.4 Å². The standard InChI is InChI=1S/C12H8F16O/c1-5(13,8(18,19)11(24,25)12(26,27)28)7(16,17)10(22,23)9(20,21)6(14,15)2-4-3-29-4/h4H,2-3H2,1H3. The van der Waals surface area contributed by atoms with Gasteiger partial charge >= 0.3 is 41.7 Å². The maximum atomic E-state index is 13.8. The molecule has 0 aromatic carbocycles. The zero-order valence-corrected chi connectivity index (χ0v) is 13.4. The Morgan fingerprint density at radius 2 is 0.931 bits per heavy atom. The highest BCUT2D eigenvalue weighted by atomic mass is 19.4. The molecule has 0 aliphatic carbocycles. The van der Waals surface area contributed by atoms with E-state index >= 15 is 0 Å². The molecule has 2 atom stereocenters. The van der Waals surface area contributed by atoms with Crippen molar-refractivity contribution in [3.8, 4) is 0 Å². The van der Waals surface area contributed by atoms with Crippen molar-refractivity contribution in [2.75, 3.05) is 6.61 Å². The largest absolute Gasteiger partial charge is 0.460 e. The third-order valence-corrected chi connectivity index (χ3v) is 4.06. The average molecular weight is 472 g/mol. The van der Waals surface area contributed by atoms with Gasteiger partial charge in [-0.3, -0.25) is 0 Å². The molecule has 1 saturated heterocycles. The highest BCUT2D eigenvalue weighted by Crippen LogP contribution is 2.63. The third kappa shape index (κ3) is 3.40. The molecule has 1 heterocycles.